The molecule has 4 aromatic rings. The van der Waals surface area contributed by atoms with E-state index in [0.717, 1.165) is 106 Å². The minimum absolute atomic E-state index is 0.130. The van der Waals surface area contributed by atoms with Crippen LogP contribution in [0.25, 0.3) is 22.3 Å². The fourth-order valence-corrected chi connectivity index (χ4v) is 12.8. The van der Waals surface area contributed by atoms with Gasteiger partial charge in [-0.15, -0.1) is 0 Å². The number of para-hydroxylation sites is 1. The van der Waals surface area contributed by atoms with Crippen molar-refractivity contribution in [1.29, 1.82) is 0 Å². The van der Waals surface area contributed by atoms with E-state index in [9.17, 15) is 29.4 Å². The number of benzene rings is 2. The Kier molecular flexibility index (Phi) is 24.5. The van der Waals surface area contributed by atoms with Gasteiger partial charge in [0.05, 0.1) is 29.0 Å². The van der Waals surface area contributed by atoms with Crippen LogP contribution in [0.5, 0.6) is 5.75 Å². The van der Waals surface area contributed by atoms with Gasteiger partial charge in [-0.25, -0.2) is 14.6 Å². The van der Waals surface area contributed by atoms with Gasteiger partial charge >= 0.3 is 11.9 Å². The summed E-state index contributed by atoms with van der Waals surface area (Å²) in [5.74, 6) is 2.86. The average Bonchev–Trinajstić information content (AvgIpc) is 4.07. The van der Waals surface area contributed by atoms with Crippen molar-refractivity contribution in [2.45, 2.75) is 157 Å². The smallest absolute Gasteiger partial charge is 0.340 e. The first-order valence-corrected chi connectivity index (χ1v) is 29.8. The van der Waals surface area contributed by atoms with E-state index in [4.69, 9.17) is 19.3 Å². The number of nitrogens with one attached hydrogen (secondary N) is 1. The van der Waals surface area contributed by atoms with E-state index < -0.39 is 12.1 Å². The number of aliphatic hydroxyl groups excluding tert-OH is 1. The summed E-state index contributed by atoms with van der Waals surface area (Å²) in [5, 5.41) is 25.3. The molecule has 2 aromatic carbocycles. The number of aromatic hydroxyl groups is 1. The number of cyclic esters (lactones) is 1. The predicted octanol–water partition coefficient (Wildman–Crippen LogP) is 10.4. The number of pyridine rings is 2. The van der Waals surface area contributed by atoms with Crippen LogP contribution in [0.1, 0.15) is 154 Å². The number of rotatable bonds is 13. The van der Waals surface area contributed by atoms with Crippen LogP contribution < -0.4 is 15.8 Å². The minimum atomic E-state index is -1.48. The highest BCUT2D eigenvalue weighted by atomic mass is 16.6. The van der Waals surface area contributed by atoms with Crippen molar-refractivity contribution in [3.05, 3.63) is 117 Å². The minimum Gasteiger partial charge on any atom is -0.508 e. The van der Waals surface area contributed by atoms with Crippen molar-refractivity contribution in [1.82, 2.24) is 24.7 Å². The van der Waals surface area contributed by atoms with Crippen LogP contribution >= 0.6 is 0 Å². The number of ether oxygens (including phenoxy) is 2. The van der Waals surface area contributed by atoms with Gasteiger partial charge in [0, 0.05) is 87.4 Å². The third kappa shape index (κ3) is 15.4. The Labute approximate surface area is 475 Å². The van der Waals surface area contributed by atoms with Gasteiger partial charge in [0.25, 0.3) is 5.56 Å². The summed E-state index contributed by atoms with van der Waals surface area (Å²) in [5.41, 5.74) is 9.78. The molecule has 2 saturated carbocycles. The fraction of sp³-hybridized carbons (Fsp3) is 0.554. The molecule has 5 atom stereocenters. The van der Waals surface area contributed by atoms with Crippen molar-refractivity contribution >= 4 is 40.3 Å². The van der Waals surface area contributed by atoms with Crippen LogP contribution in [0.15, 0.2) is 88.8 Å². The number of phenolic OH excluding ortho intramolecular Hbond substituents is 1. The highest BCUT2D eigenvalue weighted by molar-refractivity contribution is 5.93. The number of aliphatic hydroxyl groups is 1. The Morgan fingerprint density at radius 2 is 1.57 bits per heavy atom. The Morgan fingerprint density at radius 1 is 0.875 bits per heavy atom. The molecule has 0 radical (unpaired) electrons. The molecule has 0 spiro atoms. The Morgan fingerprint density at radius 3 is 2.26 bits per heavy atom. The summed E-state index contributed by atoms with van der Waals surface area (Å²) in [4.78, 5) is 69.0. The molecule has 1 saturated heterocycles. The van der Waals surface area contributed by atoms with Gasteiger partial charge in [0.15, 0.2) is 11.9 Å². The monoisotopic (exact) mass is 1100 g/mol. The van der Waals surface area contributed by atoms with E-state index in [1.165, 1.54) is 68.2 Å². The molecule has 11 rings (SSSR count). The van der Waals surface area contributed by atoms with Gasteiger partial charge < -0.3 is 39.4 Å². The number of aromatic nitrogens is 2. The number of fused-ring (bicyclic) bond motifs is 9. The van der Waals surface area contributed by atoms with E-state index >= 15 is 0 Å². The molecule has 5 unspecified atom stereocenters. The number of esters is 2. The number of anilines is 1. The summed E-state index contributed by atoms with van der Waals surface area (Å²) in [6.45, 7) is 25.5. The van der Waals surface area contributed by atoms with Crippen molar-refractivity contribution in [2.75, 3.05) is 64.3 Å². The highest BCUT2D eigenvalue weighted by Gasteiger charge is 2.47. The predicted molar refractivity (Wildman–Crippen MR) is 318 cm³/mol. The number of carbonyl (C=O) groups is 3. The molecular formula is C65H90N6O9. The maximum absolute atomic E-state index is 13.3. The molecule has 3 fully saturated rings. The summed E-state index contributed by atoms with van der Waals surface area (Å²) >= 11 is 0. The second kappa shape index (κ2) is 31.1. The number of hydrogen-bond acceptors (Lipinski definition) is 14. The van der Waals surface area contributed by atoms with E-state index in [1.54, 1.807) is 28.3 Å². The van der Waals surface area contributed by atoms with Gasteiger partial charge in [0.2, 0.25) is 0 Å². The lowest BCUT2D eigenvalue weighted by atomic mass is 9.63. The van der Waals surface area contributed by atoms with E-state index in [2.05, 4.69) is 77.8 Å². The van der Waals surface area contributed by atoms with Crippen LogP contribution in [-0.4, -0.2) is 119 Å². The SMILES string of the molecule is C=C=O.CC.CC.CC(=O)OC1CCC2C3CCC4=CC(=O)CCC4=C3CCC12.CCNCC.CN(CCCCCCN1CCN(Cc2c(O)ccc3nc4c(cc23)Cn2c-4cc3c(c2=O)COC(=O)C3O)CC1)c1ccccc1. The second-order valence-corrected chi connectivity index (χ2v) is 21.3. The lowest BCUT2D eigenvalue weighted by molar-refractivity contribution is -0.157. The van der Waals surface area contributed by atoms with Crippen molar-refractivity contribution in [2.24, 2.45) is 17.8 Å². The third-order valence-electron chi connectivity index (χ3n) is 16.6. The van der Waals surface area contributed by atoms with Gasteiger partial charge in [-0.2, -0.15) is 0 Å². The summed E-state index contributed by atoms with van der Waals surface area (Å²) in [6, 6.07) is 17.8. The van der Waals surface area contributed by atoms with Gasteiger partial charge in [0.1, 0.15) is 24.4 Å². The zero-order valence-electron chi connectivity index (χ0n) is 49.1. The fourth-order valence-electron chi connectivity index (χ4n) is 12.8. The maximum atomic E-state index is 13.3. The first-order valence-electron chi connectivity index (χ1n) is 29.8. The summed E-state index contributed by atoms with van der Waals surface area (Å²) in [7, 11) is 2.16. The lowest BCUT2D eigenvalue weighted by Gasteiger charge is -2.42. The molecule has 3 aliphatic heterocycles. The molecule has 0 bridgehead atoms. The molecule has 80 heavy (non-hydrogen) atoms. The molecule has 2 aromatic heterocycles. The number of allylic oxidation sites excluding steroid dienone is 4. The summed E-state index contributed by atoms with van der Waals surface area (Å²) in [6.07, 6.45) is 13.9. The zero-order chi connectivity index (χ0) is 57.9. The molecule has 0 amide bonds. The second-order valence-electron chi connectivity index (χ2n) is 21.3. The maximum Gasteiger partial charge on any atom is 0.340 e. The van der Waals surface area contributed by atoms with Crippen molar-refractivity contribution < 1.29 is 38.9 Å². The molecular weight excluding hydrogens is 1010 g/mol. The molecule has 3 N–H and O–H groups in total. The number of piperazine rings is 1. The number of ketones is 1. The molecule has 7 aliphatic rings. The number of nitrogens with zero attached hydrogens (tertiary/aromatic N) is 5. The number of unbranched alkanes of at least 4 members (excludes halogenated alkanes) is 3. The van der Waals surface area contributed by atoms with E-state index in [0.29, 0.717) is 65.6 Å². The van der Waals surface area contributed by atoms with Crippen LogP contribution in [0.2, 0.25) is 0 Å². The number of hydrogen-bond donors (Lipinski definition) is 3. The van der Waals surface area contributed by atoms with E-state index in [1.807, 2.05) is 39.8 Å². The average molecular weight is 1100 g/mol. The van der Waals surface area contributed by atoms with Gasteiger partial charge in [-0.05, 0) is 155 Å². The Balaban J connectivity index is 0.000000251. The molecule has 15 heteroatoms. The standard InChI is InChI=1S/C36H41N5O5.C19H24O3.C4H11N.C2H2O.2C2H6/c1-38(25-9-5-4-6-10-25)13-7-2-3-8-14-39-15-17-40(18-16-39)22-28-26-19-24-21-41-31(33(24)37-30(26)11-12-32(28)42)20-27-29(35(41)44)23-46-36(45)34(27)43;1-11(20)22-19-9-8-17-16-4-2-12-10-13(21)3-5-14(12)15(16)6-7-18(17)19;1-3-5-4-2;1-2-3;2*1-2/h4-6,9-12,19-20,34,42-43H,2-3,7-8,13-18,21-23H2,1H3;10,16-19H,2-9H2,1H3;5H,3-4H2,1-2H3;1H2;2*1-2H3. The normalized spacial score (nSPS) is 21.3. The zero-order valence-corrected chi connectivity index (χ0v) is 49.1. The Hall–Kier alpha value is -6.22. The molecule has 15 nitrogen and oxygen atoms in total. The summed E-state index contributed by atoms with van der Waals surface area (Å²) < 4.78 is 12.2. The van der Waals surface area contributed by atoms with E-state index in [-0.39, 0.29) is 30.0 Å². The largest absolute Gasteiger partial charge is 0.508 e. The quantitative estimate of drug-likeness (QED) is 0.0575. The third-order valence-corrected chi connectivity index (χ3v) is 16.6. The van der Waals surface area contributed by atoms with Crippen molar-refractivity contribution in [3.63, 3.8) is 0 Å². The molecule has 434 valence electrons. The van der Waals surface area contributed by atoms with Gasteiger partial charge in [-0.1, -0.05) is 78.2 Å². The Bertz CT molecular complexity index is 2880. The van der Waals surface area contributed by atoms with Gasteiger partial charge in [-0.3, -0.25) is 19.3 Å². The van der Waals surface area contributed by atoms with Crippen LogP contribution in [0, 0.1) is 17.8 Å². The number of carbonyl (C=O) groups excluding carboxylic acids is 4. The topological polar surface area (TPSA) is 184 Å². The van der Waals surface area contributed by atoms with Crippen molar-refractivity contribution in [3.8, 4) is 17.1 Å². The van der Waals surface area contributed by atoms with Crippen LogP contribution in [-0.2, 0) is 48.3 Å². The number of phenols is 1. The highest BCUT2D eigenvalue weighted by Crippen LogP contribution is 2.55. The lowest BCUT2D eigenvalue weighted by Crippen LogP contribution is -2.46. The first kappa shape index (κ1) is 63.0. The molecule has 4 aliphatic carbocycles. The first-order chi connectivity index (χ1) is 38.8. The molecule has 5 heterocycles. The van der Waals surface area contributed by atoms with Crippen LogP contribution in [0.4, 0.5) is 5.69 Å². The van der Waals surface area contributed by atoms with Crippen LogP contribution in [0.3, 0.4) is 0 Å².